The van der Waals surface area contributed by atoms with E-state index >= 15 is 0 Å². The van der Waals surface area contributed by atoms with Crippen molar-refractivity contribution >= 4 is 6.09 Å². The normalized spacial score (nSPS) is 21.2. The van der Waals surface area contributed by atoms with E-state index in [1.165, 1.54) is 0 Å². The molecule has 1 aliphatic heterocycles. The summed E-state index contributed by atoms with van der Waals surface area (Å²) in [5.74, 6) is -5.03. The fraction of sp³-hybridized carbons (Fsp3) is 0.688. The lowest BCUT2D eigenvalue weighted by Gasteiger charge is -2.38. The molecule has 0 aliphatic carbocycles. The van der Waals surface area contributed by atoms with Crippen molar-refractivity contribution in [3.63, 3.8) is 0 Å². The zero-order valence-electron chi connectivity index (χ0n) is 15.0. The number of alkyl halides is 5. The lowest BCUT2D eigenvalue weighted by Crippen LogP contribution is -2.49. The molecule has 0 N–H and O–H groups in total. The first-order valence-electron chi connectivity index (χ1n) is 8.18. The van der Waals surface area contributed by atoms with Crippen LogP contribution in [0.15, 0.2) is 17.2 Å². The summed E-state index contributed by atoms with van der Waals surface area (Å²) < 4.78 is 72.6. The van der Waals surface area contributed by atoms with Gasteiger partial charge in [-0.05, 0) is 20.8 Å². The Labute approximate surface area is 151 Å². The van der Waals surface area contributed by atoms with Gasteiger partial charge in [0.05, 0.1) is 17.8 Å². The highest BCUT2D eigenvalue weighted by Crippen LogP contribution is 2.40. The third kappa shape index (κ3) is 4.95. The smallest absolute Gasteiger partial charge is 0.410 e. The van der Waals surface area contributed by atoms with Gasteiger partial charge in [0.25, 0.3) is 17.9 Å². The molecule has 152 valence electrons. The average Bonchev–Trinajstić information content (AvgIpc) is 2.53. The monoisotopic (exact) mass is 397 g/mol. The van der Waals surface area contributed by atoms with Gasteiger partial charge in [0.2, 0.25) is 6.30 Å². The predicted molar refractivity (Wildman–Crippen MR) is 84.8 cm³/mol. The second-order valence-electron chi connectivity index (χ2n) is 7.25. The van der Waals surface area contributed by atoms with E-state index in [0.717, 1.165) is 4.90 Å². The molecule has 0 saturated carbocycles. The van der Waals surface area contributed by atoms with Crippen LogP contribution in [0.4, 0.5) is 26.7 Å². The number of piperidine rings is 1. The van der Waals surface area contributed by atoms with Crippen LogP contribution in [0, 0.1) is 0 Å². The molecule has 6 nitrogen and oxygen atoms in total. The number of hydrogen-bond donors (Lipinski definition) is 0. The van der Waals surface area contributed by atoms with Gasteiger partial charge in [-0.1, -0.05) is 0 Å². The summed E-state index contributed by atoms with van der Waals surface area (Å²) in [5.41, 5.74) is -2.48. The minimum atomic E-state index is -3.51. The van der Waals surface area contributed by atoms with Crippen LogP contribution in [0.2, 0.25) is 0 Å². The third-order valence-electron chi connectivity index (χ3n) is 3.96. The average molecular weight is 397 g/mol. The number of amides is 1. The minimum absolute atomic E-state index is 0.0233. The summed E-state index contributed by atoms with van der Waals surface area (Å²) in [5, 5.41) is 0. The van der Waals surface area contributed by atoms with Gasteiger partial charge in [0.15, 0.2) is 0 Å². The van der Waals surface area contributed by atoms with Gasteiger partial charge in [0, 0.05) is 25.7 Å². The molecular weight excluding hydrogens is 377 g/mol. The van der Waals surface area contributed by atoms with Gasteiger partial charge in [-0.3, -0.25) is 14.3 Å². The molecule has 2 unspecified atom stereocenters. The van der Waals surface area contributed by atoms with E-state index in [0.29, 0.717) is 12.4 Å². The molecule has 1 aromatic rings. The summed E-state index contributed by atoms with van der Waals surface area (Å²) in [6.07, 6.45) is -6.97. The van der Waals surface area contributed by atoms with E-state index in [4.69, 9.17) is 4.74 Å². The van der Waals surface area contributed by atoms with Crippen molar-refractivity contribution in [2.45, 2.75) is 57.4 Å². The van der Waals surface area contributed by atoms with Crippen molar-refractivity contribution in [2.24, 2.45) is 0 Å². The third-order valence-corrected chi connectivity index (χ3v) is 3.96. The molecule has 1 amide bonds. The lowest BCUT2D eigenvalue weighted by atomic mass is 9.91. The highest BCUT2D eigenvalue weighted by atomic mass is 19.3. The Hall–Kier alpha value is -2.20. The van der Waals surface area contributed by atoms with Gasteiger partial charge in [0.1, 0.15) is 5.60 Å². The number of ether oxygens (including phenoxy) is 1. The fourth-order valence-electron chi connectivity index (χ4n) is 2.64. The van der Waals surface area contributed by atoms with Crippen LogP contribution in [0.1, 0.15) is 45.1 Å². The van der Waals surface area contributed by atoms with Crippen LogP contribution < -0.4 is 5.56 Å². The predicted octanol–water partition coefficient (Wildman–Crippen LogP) is 3.34. The first kappa shape index (κ1) is 21.1. The second-order valence-corrected chi connectivity index (χ2v) is 7.25. The maximum absolute atomic E-state index is 14.4. The summed E-state index contributed by atoms with van der Waals surface area (Å²) in [6, 6.07) is 0. The second kappa shape index (κ2) is 7.43. The maximum atomic E-state index is 14.4. The number of nitrogens with zero attached hydrogens (tertiary/aromatic N) is 3. The highest BCUT2D eigenvalue weighted by molar-refractivity contribution is 5.68. The maximum Gasteiger partial charge on any atom is 0.410 e. The van der Waals surface area contributed by atoms with Gasteiger partial charge in [-0.2, -0.15) is 0 Å². The van der Waals surface area contributed by atoms with Crippen molar-refractivity contribution in [2.75, 3.05) is 13.1 Å². The van der Waals surface area contributed by atoms with Gasteiger partial charge < -0.3 is 9.64 Å². The van der Waals surface area contributed by atoms with Crippen LogP contribution in [-0.4, -0.2) is 51.6 Å². The van der Waals surface area contributed by atoms with Crippen molar-refractivity contribution in [1.29, 1.82) is 0 Å². The molecule has 2 heterocycles. The first-order valence-corrected chi connectivity index (χ1v) is 8.18. The molecule has 11 heteroatoms. The molecule has 0 aromatic carbocycles. The topological polar surface area (TPSA) is 64.4 Å². The van der Waals surface area contributed by atoms with Gasteiger partial charge in [-0.25, -0.2) is 26.7 Å². The largest absolute Gasteiger partial charge is 0.444 e. The fourth-order valence-corrected chi connectivity index (χ4v) is 2.64. The number of hydrogen-bond acceptors (Lipinski definition) is 4. The number of halogens is 5. The number of likely N-dealkylation sites (tertiary alicyclic amines) is 1. The minimum Gasteiger partial charge on any atom is -0.444 e. The Balaban J connectivity index is 2.33. The zero-order chi connectivity index (χ0) is 20.6. The molecule has 0 spiro atoms. The van der Waals surface area contributed by atoms with E-state index in [1.54, 1.807) is 20.8 Å². The van der Waals surface area contributed by atoms with Crippen LogP contribution in [0.25, 0.3) is 0 Å². The van der Waals surface area contributed by atoms with Crippen molar-refractivity contribution in [3.05, 3.63) is 28.4 Å². The van der Waals surface area contributed by atoms with Crippen molar-refractivity contribution in [1.82, 2.24) is 14.5 Å². The van der Waals surface area contributed by atoms with Gasteiger partial charge >= 0.3 is 6.09 Å². The molecular formula is C16H20F5N3O3. The standard InChI is InChI=1S/C16H20F5N3O3/c1-15(2,3)27-14(26)23-5-4-16(20,21)9(7-23)10-8-24(11(25)6-22-10)13(19)12(17)18/h6,8-9,12-13H,4-5,7H2,1-3H3. The van der Waals surface area contributed by atoms with E-state index < -0.39 is 60.5 Å². The van der Waals surface area contributed by atoms with E-state index in [-0.39, 0.29) is 11.1 Å². The molecule has 2 rings (SSSR count). The van der Waals surface area contributed by atoms with E-state index in [1.807, 2.05) is 0 Å². The molecule has 0 radical (unpaired) electrons. The Morgan fingerprint density at radius 1 is 1.33 bits per heavy atom. The molecule has 1 aliphatic rings. The van der Waals surface area contributed by atoms with E-state index in [9.17, 15) is 31.5 Å². The van der Waals surface area contributed by atoms with Crippen molar-refractivity contribution < 1.29 is 31.5 Å². The lowest BCUT2D eigenvalue weighted by molar-refractivity contribution is -0.0785. The number of carbonyl (C=O) groups is 1. The summed E-state index contributed by atoms with van der Waals surface area (Å²) in [4.78, 5) is 28.3. The first-order chi connectivity index (χ1) is 12.3. The van der Waals surface area contributed by atoms with Crippen LogP contribution in [-0.2, 0) is 4.74 Å². The quantitative estimate of drug-likeness (QED) is 0.734. The van der Waals surface area contributed by atoms with E-state index in [2.05, 4.69) is 4.98 Å². The number of aromatic nitrogens is 2. The van der Waals surface area contributed by atoms with Crippen LogP contribution in [0.3, 0.4) is 0 Å². The van der Waals surface area contributed by atoms with Crippen LogP contribution in [0.5, 0.6) is 0 Å². The Kier molecular flexibility index (Phi) is 5.81. The molecule has 0 bridgehead atoms. The SMILES string of the molecule is CC(C)(C)OC(=O)N1CCC(F)(F)C(c2cn(C(F)C(F)F)c(=O)cn2)C1. The Morgan fingerprint density at radius 3 is 2.52 bits per heavy atom. The number of carbonyl (C=O) groups excluding carboxylic acids is 1. The molecule has 1 fully saturated rings. The van der Waals surface area contributed by atoms with Crippen LogP contribution >= 0.6 is 0 Å². The highest BCUT2D eigenvalue weighted by Gasteiger charge is 2.47. The van der Waals surface area contributed by atoms with Crippen molar-refractivity contribution in [3.8, 4) is 0 Å². The Morgan fingerprint density at radius 2 is 1.96 bits per heavy atom. The molecule has 1 saturated heterocycles. The molecule has 27 heavy (non-hydrogen) atoms. The summed E-state index contributed by atoms with van der Waals surface area (Å²) in [6.45, 7) is 4.05. The number of rotatable bonds is 3. The molecule has 2 atom stereocenters. The Bertz CT molecular complexity index is 748. The molecule has 1 aromatic heterocycles. The van der Waals surface area contributed by atoms with Gasteiger partial charge in [-0.15, -0.1) is 0 Å². The summed E-state index contributed by atoms with van der Waals surface area (Å²) in [7, 11) is 0. The summed E-state index contributed by atoms with van der Waals surface area (Å²) >= 11 is 0. The zero-order valence-corrected chi connectivity index (χ0v) is 15.0.